The van der Waals surface area contributed by atoms with Gasteiger partial charge in [0.05, 0.1) is 5.02 Å². The minimum Gasteiger partial charge on any atom is -0.482 e. The van der Waals surface area contributed by atoms with Crippen LogP contribution in [0.4, 0.5) is 4.39 Å². The van der Waals surface area contributed by atoms with E-state index in [0.717, 1.165) is 6.07 Å². The second-order valence-corrected chi connectivity index (χ2v) is 4.45. The van der Waals surface area contributed by atoms with E-state index in [2.05, 4.69) is 10.6 Å². The van der Waals surface area contributed by atoms with Crippen molar-refractivity contribution in [2.75, 3.05) is 13.2 Å². The Labute approximate surface area is 121 Å². The standard InChI is InChI=1S/C13H16ClFN2O3/c1-3-16-13(19)8(2)17-12(18)7-20-11-5-4-9(15)6-10(11)14/h4-6,8H,3,7H2,1-2H3,(H,16,19)(H,17,18)/t8-/m1/s1. The molecule has 0 spiro atoms. The van der Waals surface area contributed by atoms with Gasteiger partial charge in [-0.05, 0) is 32.0 Å². The Balaban J connectivity index is 2.45. The van der Waals surface area contributed by atoms with Gasteiger partial charge >= 0.3 is 0 Å². The number of hydrogen-bond donors (Lipinski definition) is 2. The number of likely N-dealkylation sites (N-methyl/N-ethyl adjacent to an activating group) is 1. The molecule has 7 heteroatoms. The Hall–Kier alpha value is -1.82. The molecule has 0 aliphatic heterocycles. The first-order valence-corrected chi connectivity index (χ1v) is 6.46. The minimum absolute atomic E-state index is 0.0783. The number of carbonyl (C=O) groups excluding carboxylic acids is 2. The molecular formula is C13H16ClFN2O3. The van der Waals surface area contributed by atoms with Gasteiger partial charge in [-0.2, -0.15) is 0 Å². The second-order valence-electron chi connectivity index (χ2n) is 4.05. The molecule has 1 rings (SSSR count). The van der Waals surface area contributed by atoms with Gasteiger partial charge in [-0.1, -0.05) is 11.6 Å². The van der Waals surface area contributed by atoms with Gasteiger partial charge in [0.1, 0.15) is 17.6 Å². The normalized spacial score (nSPS) is 11.6. The van der Waals surface area contributed by atoms with Crippen molar-refractivity contribution < 1.29 is 18.7 Å². The predicted octanol–water partition coefficient (Wildman–Crippen LogP) is 1.50. The van der Waals surface area contributed by atoms with Crippen LogP contribution in [0, 0.1) is 5.82 Å². The van der Waals surface area contributed by atoms with Crippen molar-refractivity contribution in [1.29, 1.82) is 0 Å². The number of nitrogens with one attached hydrogen (secondary N) is 2. The number of ether oxygens (including phenoxy) is 1. The van der Waals surface area contributed by atoms with Crippen molar-refractivity contribution in [3.63, 3.8) is 0 Å². The molecule has 0 aromatic heterocycles. The molecule has 1 aromatic rings. The van der Waals surface area contributed by atoms with Crippen LogP contribution < -0.4 is 15.4 Å². The number of rotatable bonds is 6. The van der Waals surface area contributed by atoms with E-state index >= 15 is 0 Å². The lowest BCUT2D eigenvalue weighted by Crippen LogP contribution is -2.46. The topological polar surface area (TPSA) is 67.4 Å². The first-order chi connectivity index (χ1) is 9.43. The molecule has 2 N–H and O–H groups in total. The number of carbonyl (C=O) groups is 2. The quantitative estimate of drug-likeness (QED) is 0.837. The van der Waals surface area contributed by atoms with E-state index in [0.29, 0.717) is 6.54 Å². The summed E-state index contributed by atoms with van der Waals surface area (Å²) in [6.07, 6.45) is 0. The van der Waals surface area contributed by atoms with Crippen molar-refractivity contribution in [2.24, 2.45) is 0 Å². The first-order valence-electron chi connectivity index (χ1n) is 6.09. The fourth-order valence-electron chi connectivity index (χ4n) is 1.41. The molecule has 0 aliphatic carbocycles. The molecule has 2 amide bonds. The average molecular weight is 303 g/mol. The third-order valence-electron chi connectivity index (χ3n) is 2.37. The average Bonchev–Trinajstić information content (AvgIpc) is 2.37. The summed E-state index contributed by atoms with van der Waals surface area (Å²) in [6, 6.07) is 2.94. The van der Waals surface area contributed by atoms with Gasteiger partial charge < -0.3 is 15.4 Å². The number of halogens is 2. The molecule has 0 unspecified atom stereocenters. The molecular weight excluding hydrogens is 287 g/mol. The highest BCUT2D eigenvalue weighted by Gasteiger charge is 2.15. The zero-order chi connectivity index (χ0) is 15.1. The third-order valence-corrected chi connectivity index (χ3v) is 2.67. The maximum Gasteiger partial charge on any atom is 0.258 e. The zero-order valence-corrected chi connectivity index (χ0v) is 12.0. The molecule has 0 radical (unpaired) electrons. The largest absolute Gasteiger partial charge is 0.482 e. The lowest BCUT2D eigenvalue weighted by Gasteiger charge is -2.14. The molecule has 0 saturated heterocycles. The van der Waals surface area contributed by atoms with Crippen LogP contribution >= 0.6 is 11.6 Å². The van der Waals surface area contributed by atoms with E-state index in [4.69, 9.17) is 16.3 Å². The maximum absolute atomic E-state index is 12.8. The van der Waals surface area contributed by atoms with Crippen molar-refractivity contribution in [2.45, 2.75) is 19.9 Å². The van der Waals surface area contributed by atoms with Crippen molar-refractivity contribution in [3.8, 4) is 5.75 Å². The Bertz CT molecular complexity index is 497. The molecule has 0 fully saturated rings. The fourth-order valence-corrected chi connectivity index (χ4v) is 1.63. The van der Waals surface area contributed by atoms with Gasteiger partial charge in [0, 0.05) is 6.54 Å². The third kappa shape index (κ3) is 5.05. The molecule has 5 nitrogen and oxygen atoms in total. The Morgan fingerprint density at radius 1 is 1.45 bits per heavy atom. The molecule has 1 atom stereocenters. The molecule has 1 aromatic carbocycles. The monoisotopic (exact) mass is 302 g/mol. The fraction of sp³-hybridized carbons (Fsp3) is 0.385. The molecule has 0 aliphatic rings. The smallest absolute Gasteiger partial charge is 0.258 e. The summed E-state index contributed by atoms with van der Waals surface area (Å²) < 4.78 is 18.0. The van der Waals surface area contributed by atoms with Gasteiger partial charge in [0.25, 0.3) is 5.91 Å². The second kappa shape index (κ2) is 7.69. The van der Waals surface area contributed by atoms with E-state index in [-0.39, 0.29) is 23.3 Å². The van der Waals surface area contributed by atoms with Crippen LogP contribution in [0.1, 0.15) is 13.8 Å². The van der Waals surface area contributed by atoms with Gasteiger partial charge in [-0.3, -0.25) is 9.59 Å². The summed E-state index contributed by atoms with van der Waals surface area (Å²) >= 11 is 5.75. The SMILES string of the molecule is CCNC(=O)[C@@H](C)NC(=O)COc1ccc(F)cc1Cl. The van der Waals surface area contributed by atoms with Gasteiger partial charge in [-0.15, -0.1) is 0 Å². The molecule has 20 heavy (non-hydrogen) atoms. The van der Waals surface area contributed by atoms with Gasteiger partial charge in [-0.25, -0.2) is 4.39 Å². The Morgan fingerprint density at radius 2 is 2.15 bits per heavy atom. The van der Waals surface area contributed by atoms with Crippen LogP contribution in [-0.2, 0) is 9.59 Å². The van der Waals surface area contributed by atoms with Gasteiger partial charge in [0.15, 0.2) is 6.61 Å². The predicted molar refractivity (Wildman–Crippen MR) is 73.2 cm³/mol. The molecule has 0 heterocycles. The number of amides is 2. The molecule has 110 valence electrons. The van der Waals surface area contributed by atoms with Crippen LogP contribution in [0.3, 0.4) is 0 Å². The van der Waals surface area contributed by atoms with Crippen LogP contribution in [0.25, 0.3) is 0 Å². The highest BCUT2D eigenvalue weighted by molar-refractivity contribution is 6.32. The highest BCUT2D eigenvalue weighted by Crippen LogP contribution is 2.24. The highest BCUT2D eigenvalue weighted by atomic mass is 35.5. The van der Waals surface area contributed by atoms with Crippen LogP contribution in [0.15, 0.2) is 18.2 Å². The summed E-state index contributed by atoms with van der Waals surface area (Å²) in [7, 11) is 0. The van der Waals surface area contributed by atoms with Gasteiger partial charge in [0.2, 0.25) is 5.91 Å². The van der Waals surface area contributed by atoms with Crippen LogP contribution in [-0.4, -0.2) is 31.0 Å². The Kier molecular flexibility index (Phi) is 6.24. The lowest BCUT2D eigenvalue weighted by molar-refractivity contribution is -0.129. The van der Waals surface area contributed by atoms with Crippen LogP contribution in [0.5, 0.6) is 5.75 Å². The van der Waals surface area contributed by atoms with E-state index in [1.807, 2.05) is 0 Å². The summed E-state index contributed by atoms with van der Waals surface area (Å²) in [5, 5.41) is 5.13. The van der Waals surface area contributed by atoms with E-state index in [9.17, 15) is 14.0 Å². The zero-order valence-electron chi connectivity index (χ0n) is 11.2. The van der Waals surface area contributed by atoms with Crippen molar-refractivity contribution in [3.05, 3.63) is 29.0 Å². The first kappa shape index (κ1) is 16.2. The maximum atomic E-state index is 12.8. The lowest BCUT2D eigenvalue weighted by atomic mass is 10.3. The van der Waals surface area contributed by atoms with Crippen molar-refractivity contribution >= 4 is 23.4 Å². The van der Waals surface area contributed by atoms with Crippen LogP contribution in [0.2, 0.25) is 5.02 Å². The van der Waals surface area contributed by atoms with E-state index < -0.39 is 17.8 Å². The number of hydrogen-bond acceptors (Lipinski definition) is 3. The summed E-state index contributed by atoms with van der Waals surface area (Å²) in [5.74, 6) is -1.03. The summed E-state index contributed by atoms with van der Waals surface area (Å²) in [4.78, 5) is 23.0. The minimum atomic E-state index is -0.658. The van der Waals surface area contributed by atoms with Crippen molar-refractivity contribution in [1.82, 2.24) is 10.6 Å². The Morgan fingerprint density at radius 3 is 2.75 bits per heavy atom. The summed E-state index contributed by atoms with van der Waals surface area (Å²) in [5.41, 5.74) is 0. The number of benzene rings is 1. The summed E-state index contributed by atoms with van der Waals surface area (Å²) in [6.45, 7) is 3.52. The van der Waals surface area contributed by atoms with E-state index in [1.165, 1.54) is 12.1 Å². The van der Waals surface area contributed by atoms with E-state index in [1.54, 1.807) is 13.8 Å². The molecule has 0 saturated carbocycles. The molecule has 0 bridgehead atoms.